The maximum atomic E-state index is 5.46. The summed E-state index contributed by atoms with van der Waals surface area (Å²) in [4.78, 5) is 7.08. The van der Waals surface area contributed by atoms with Crippen LogP contribution in [0, 0.1) is 5.92 Å². The van der Waals surface area contributed by atoms with Gasteiger partial charge in [0, 0.05) is 38.6 Å². The quantitative estimate of drug-likeness (QED) is 0.890. The van der Waals surface area contributed by atoms with Gasteiger partial charge >= 0.3 is 0 Å². The molecule has 4 rings (SSSR count). The van der Waals surface area contributed by atoms with Gasteiger partial charge in [0.25, 0.3) is 0 Å². The normalized spacial score (nSPS) is 21.6. The summed E-state index contributed by atoms with van der Waals surface area (Å²) in [7, 11) is 2.10. The van der Waals surface area contributed by atoms with Gasteiger partial charge in [-0.1, -0.05) is 0 Å². The molecule has 1 aliphatic heterocycles. The number of piperidine rings is 1. The fourth-order valence-corrected chi connectivity index (χ4v) is 3.66. The molecule has 1 saturated heterocycles. The molecule has 1 N–H and O–H groups in total. The van der Waals surface area contributed by atoms with Crippen molar-refractivity contribution in [1.82, 2.24) is 19.8 Å². The molecule has 5 heteroatoms. The van der Waals surface area contributed by atoms with Crippen molar-refractivity contribution in [2.24, 2.45) is 13.0 Å². The average molecular weight is 314 g/mol. The molecule has 0 radical (unpaired) electrons. The van der Waals surface area contributed by atoms with E-state index in [-0.39, 0.29) is 0 Å². The number of aromatic nitrogens is 2. The predicted octanol–water partition coefficient (Wildman–Crippen LogP) is 2.72. The van der Waals surface area contributed by atoms with Gasteiger partial charge in [0.2, 0.25) is 0 Å². The molecule has 5 nitrogen and oxygen atoms in total. The van der Waals surface area contributed by atoms with Crippen LogP contribution in [0.4, 0.5) is 0 Å². The van der Waals surface area contributed by atoms with Crippen LogP contribution in [0.1, 0.15) is 43.3 Å². The van der Waals surface area contributed by atoms with E-state index in [1.165, 1.54) is 31.5 Å². The summed E-state index contributed by atoms with van der Waals surface area (Å²) in [6.45, 7) is 3.21. The van der Waals surface area contributed by atoms with Crippen molar-refractivity contribution in [2.75, 3.05) is 13.1 Å². The summed E-state index contributed by atoms with van der Waals surface area (Å²) in [5.74, 6) is 3.04. The molecule has 124 valence electrons. The second kappa shape index (κ2) is 6.49. The van der Waals surface area contributed by atoms with Crippen LogP contribution >= 0.6 is 0 Å². The lowest BCUT2D eigenvalue weighted by molar-refractivity contribution is 0.169. The van der Waals surface area contributed by atoms with E-state index in [4.69, 9.17) is 4.42 Å². The number of rotatable bonds is 6. The summed E-state index contributed by atoms with van der Waals surface area (Å²) < 4.78 is 7.63. The Kier molecular flexibility index (Phi) is 4.23. The van der Waals surface area contributed by atoms with Crippen LogP contribution in [0.2, 0.25) is 0 Å². The lowest BCUT2D eigenvalue weighted by Crippen LogP contribution is -2.44. The number of aryl methyl sites for hydroxylation is 1. The van der Waals surface area contributed by atoms with Crippen molar-refractivity contribution in [1.29, 1.82) is 0 Å². The third kappa shape index (κ3) is 3.51. The van der Waals surface area contributed by atoms with E-state index < -0.39 is 0 Å². The van der Waals surface area contributed by atoms with Crippen molar-refractivity contribution in [3.05, 3.63) is 42.4 Å². The second-order valence-corrected chi connectivity index (χ2v) is 7.01. The molecule has 0 amide bonds. The number of furan rings is 1. The van der Waals surface area contributed by atoms with E-state index in [2.05, 4.69) is 39.1 Å². The standard InChI is InChI=1S/C18H26N4O/c1-21-11-8-19-18(21)17(14-4-5-14)20-15-6-9-22(10-7-15)13-16-3-2-12-23-16/h2-3,8,11-12,14-15,17,20H,4-7,9-10,13H2,1H3. The third-order valence-electron chi connectivity index (χ3n) is 5.19. The molecule has 2 aromatic rings. The predicted molar refractivity (Wildman–Crippen MR) is 88.8 cm³/mol. The summed E-state index contributed by atoms with van der Waals surface area (Å²) in [5.41, 5.74) is 0. The van der Waals surface area contributed by atoms with Crippen molar-refractivity contribution >= 4 is 0 Å². The number of hydrogen-bond acceptors (Lipinski definition) is 4. The van der Waals surface area contributed by atoms with Gasteiger partial charge in [-0.3, -0.25) is 4.90 Å². The number of nitrogens with zero attached hydrogens (tertiary/aromatic N) is 3. The highest BCUT2D eigenvalue weighted by Crippen LogP contribution is 2.41. The molecular formula is C18H26N4O. The Morgan fingerprint density at radius 1 is 1.30 bits per heavy atom. The van der Waals surface area contributed by atoms with Gasteiger partial charge in [-0.2, -0.15) is 0 Å². The number of imidazole rings is 1. The topological polar surface area (TPSA) is 46.2 Å². The Bertz CT molecular complexity index is 609. The Hall–Kier alpha value is -1.59. The molecule has 23 heavy (non-hydrogen) atoms. The van der Waals surface area contributed by atoms with Gasteiger partial charge in [0.05, 0.1) is 18.8 Å². The van der Waals surface area contributed by atoms with E-state index >= 15 is 0 Å². The molecule has 2 aliphatic rings. The molecule has 1 aliphatic carbocycles. The van der Waals surface area contributed by atoms with Gasteiger partial charge in [-0.05, 0) is 43.7 Å². The van der Waals surface area contributed by atoms with Crippen LogP contribution in [-0.4, -0.2) is 33.6 Å². The maximum absolute atomic E-state index is 5.46. The Morgan fingerprint density at radius 3 is 2.74 bits per heavy atom. The van der Waals surface area contributed by atoms with Gasteiger partial charge < -0.3 is 14.3 Å². The maximum Gasteiger partial charge on any atom is 0.125 e. The molecule has 1 atom stereocenters. The van der Waals surface area contributed by atoms with Crippen molar-refractivity contribution < 1.29 is 4.42 Å². The van der Waals surface area contributed by atoms with E-state index in [0.717, 1.165) is 31.3 Å². The van der Waals surface area contributed by atoms with Crippen LogP contribution in [0.25, 0.3) is 0 Å². The minimum Gasteiger partial charge on any atom is -0.468 e. The molecule has 3 heterocycles. The summed E-state index contributed by atoms with van der Waals surface area (Å²) in [6.07, 6.45) is 10.8. The first-order chi connectivity index (χ1) is 11.3. The highest BCUT2D eigenvalue weighted by Gasteiger charge is 2.36. The highest BCUT2D eigenvalue weighted by molar-refractivity contribution is 5.06. The van der Waals surface area contributed by atoms with Crippen LogP contribution in [0.3, 0.4) is 0 Å². The van der Waals surface area contributed by atoms with Gasteiger partial charge in [-0.25, -0.2) is 4.98 Å². The Morgan fingerprint density at radius 2 is 2.13 bits per heavy atom. The van der Waals surface area contributed by atoms with Gasteiger partial charge in [0.1, 0.15) is 11.6 Å². The van der Waals surface area contributed by atoms with Crippen molar-refractivity contribution in [2.45, 2.75) is 44.3 Å². The zero-order chi connectivity index (χ0) is 15.6. The van der Waals surface area contributed by atoms with Crippen LogP contribution in [0.5, 0.6) is 0 Å². The molecule has 2 fully saturated rings. The van der Waals surface area contributed by atoms with Gasteiger partial charge in [-0.15, -0.1) is 0 Å². The lowest BCUT2D eigenvalue weighted by Gasteiger charge is -2.34. The Balaban J connectivity index is 1.32. The van der Waals surface area contributed by atoms with E-state index in [1.807, 2.05) is 12.3 Å². The third-order valence-corrected chi connectivity index (χ3v) is 5.19. The zero-order valence-corrected chi connectivity index (χ0v) is 13.8. The number of hydrogen-bond donors (Lipinski definition) is 1. The first-order valence-corrected chi connectivity index (χ1v) is 8.77. The largest absolute Gasteiger partial charge is 0.468 e. The van der Waals surface area contributed by atoms with Crippen LogP contribution in [-0.2, 0) is 13.6 Å². The SMILES string of the molecule is Cn1ccnc1C(NC1CCN(Cc2ccco2)CC1)C1CC1. The molecule has 0 bridgehead atoms. The fraction of sp³-hybridized carbons (Fsp3) is 0.611. The minimum atomic E-state index is 0.427. The second-order valence-electron chi connectivity index (χ2n) is 7.01. The fourth-order valence-electron chi connectivity index (χ4n) is 3.66. The highest BCUT2D eigenvalue weighted by atomic mass is 16.3. The van der Waals surface area contributed by atoms with E-state index in [0.29, 0.717) is 12.1 Å². The zero-order valence-electron chi connectivity index (χ0n) is 13.8. The van der Waals surface area contributed by atoms with E-state index in [9.17, 15) is 0 Å². The Labute approximate surface area is 137 Å². The lowest BCUT2D eigenvalue weighted by atomic mass is 10.0. The summed E-state index contributed by atoms with van der Waals surface area (Å²) in [6, 6.07) is 5.06. The average Bonchev–Trinajstić information content (AvgIpc) is 3.11. The molecular weight excluding hydrogens is 288 g/mol. The van der Waals surface area contributed by atoms with Crippen molar-refractivity contribution in [3.63, 3.8) is 0 Å². The molecule has 0 spiro atoms. The number of nitrogens with one attached hydrogen (secondary N) is 1. The first kappa shape index (κ1) is 15.0. The summed E-state index contributed by atoms with van der Waals surface area (Å²) >= 11 is 0. The molecule has 2 aromatic heterocycles. The monoisotopic (exact) mass is 314 g/mol. The first-order valence-electron chi connectivity index (χ1n) is 8.77. The van der Waals surface area contributed by atoms with Crippen molar-refractivity contribution in [3.8, 4) is 0 Å². The molecule has 1 unspecified atom stereocenters. The van der Waals surface area contributed by atoms with Crippen LogP contribution in [0.15, 0.2) is 35.2 Å². The van der Waals surface area contributed by atoms with Gasteiger partial charge in [0.15, 0.2) is 0 Å². The van der Waals surface area contributed by atoms with E-state index in [1.54, 1.807) is 6.26 Å². The minimum absolute atomic E-state index is 0.427. The molecule has 0 aromatic carbocycles. The molecule has 1 saturated carbocycles. The smallest absolute Gasteiger partial charge is 0.125 e. The number of likely N-dealkylation sites (tertiary alicyclic amines) is 1. The van der Waals surface area contributed by atoms with Crippen LogP contribution < -0.4 is 5.32 Å². The summed E-state index contributed by atoms with van der Waals surface area (Å²) in [5, 5.41) is 3.91.